The molecule has 0 aromatic rings. The first-order valence-electron chi connectivity index (χ1n) is 19.8. The Morgan fingerprint density at radius 2 is 0.422 bits per heavy atom. The van der Waals surface area contributed by atoms with Gasteiger partial charge in [0.25, 0.3) is 0 Å². The van der Waals surface area contributed by atoms with Crippen LogP contribution < -0.4 is 0 Å². The first-order chi connectivity index (χ1) is 21.4. The Hall–Kier alpha value is -0.261. The number of hydrogen-bond donors (Lipinski definition) is 2. The smallest absolute Gasteiger partial charge is 0.303 e. The largest absolute Gasteiger partial charge is 0.481 e. The van der Waals surface area contributed by atoms with E-state index < -0.39 is 11.9 Å². The number of unbranched alkanes of at least 4 members (excludes halogenated alkanes) is 26. The van der Waals surface area contributed by atoms with E-state index in [0.29, 0.717) is 12.8 Å². The number of carboxylic acid groups (broad SMARTS) is 2. The van der Waals surface area contributed by atoms with Crippen LogP contribution in [-0.4, -0.2) is 46.1 Å². The van der Waals surface area contributed by atoms with Gasteiger partial charge in [0.15, 0.2) is 0 Å². The molecular formula is C40H84O4Sn. The second kappa shape index (κ2) is 56.1. The van der Waals surface area contributed by atoms with Crippen molar-refractivity contribution in [1.29, 1.82) is 0 Å². The Balaban J connectivity index is -0.000000162. The van der Waals surface area contributed by atoms with E-state index in [1.165, 1.54) is 167 Å². The van der Waals surface area contributed by atoms with Crippen molar-refractivity contribution in [1.82, 2.24) is 0 Å². The van der Waals surface area contributed by atoms with Gasteiger partial charge in [-0.25, -0.2) is 0 Å². The summed E-state index contributed by atoms with van der Waals surface area (Å²) in [5, 5.41) is 16.8. The van der Waals surface area contributed by atoms with Crippen molar-refractivity contribution in [3.05, 3.63) is 0 Å². The molecule has 0 spiro atoms. The first-order valence-corrected chi connectivity index (χ1v) is 19.8. The molecule has 272 valence electrons. The summed E-state index contributed by atoms with van der Waals surface area (Å²) >= 11 is 0. The third-order valence-electron chi connectivity index (χ3n) is 7.90. The fourth-order valence-corrected chi connectivity index (χ4v) is 4.88. The van der Waals surface area contributed by atoms with E-state index in [1.54, 1.807) is 0 Å². The minimum absolute atomic E-state index is 0. The fourth-order valence-electron chi connectivity index (χ4n) is 4.88. The molecule has 0 unspecified atom stereocenters. The summed E-state index contributed by atoms with van der Waals surface area (Å²) in [7, 11) is 0. The van der Waals surface area contributed by atoms with E-state index in [1.807, 2.05) is 0 Å². The van der Waals surface area contributed by atoms with Crippen molar-refractivity contribution in [2.24, 2.45) is 0 Å². The number of carbonyl (C=O) groups is 2. The summed E-state index contributed by atoms with van der Waals surface area (Å²) in [6.07, 6.45) is 39.9. The van der Waals surface area contributed by atoms with E-state index in [4.69, 9.17) is 10.2 Å². The average Bonchev–Trinajstić information content (AvgIpc) is 3.01. The van der Waals surface area contributed by atoms with Crippen LogP contribution in [0, 0.1) is 0 Å². The zero-order valence-corrected chi connectivity index (χ0v) is 34.7. The van der Waals surface area contributed by atoms with Crippen molar-refractivity contribution in [2.75, 3.05) is 0 Å². The van der Waals surface area contributed by atoms with E-state index in [2.05, 4.69) is 41.5 Å². The van der Waals surface area contributed by atoms with Crippen LogP contribution in [0.5, 0.6) is 0 Å². The molecule has 0 fully saturated rings. The molecule has 0 aromatic carbocycles. The van der Waals surface area contributed by atoms with Gasteiger partial charge in [-0.1, -0.05) is 221 Å². The number of rotatable bonds is 30. The predicted molar refractivity (Wildman–Crippen MR) is 203 cm³/mol. The van der Waals surface area contributed by atoms with Gasteiger partial charge in [0.05, 0.1) is 0 Å². The quantitative estimate of drug-likeness (QED) is 0.0567. The molecule has 4 radical (unpaired) electrons. The summed E-state index contributed by atoms with van der Waals surface area (Å²) < 4.78 is 0. The van der Waals surface area contributed by atoms with Crippen molar-refractivity contribution in [3.63, 3.8) is 0 Å². The van der Waals surface area contributed by atoms with Gasteiger partial charge in [-0.15, -0.1) is 0 Å². The molecule has 0 rings (SSSR count). The number of aliphatic carboxylic acids is 2. The van der Waals surface area contributed by atoms with Crippen molar-refractivity contribution < 1.29 is 19.8 Å². The molecule has 0 aliphatic carbocycles. The molecule has 0 amide bonds. The van der Waals surface area contributed by atoms with Crippen LogP contribution >= 0.6 is 0 Å². The molecular weight excluding hydrogens is 663 g/mol. The number of carboxylic acids is 2. The predicted octanol–water partition coefficient (Wildman–Crippen LogP) is 14.3. The van der Waals surface area contributed by atoms with E-state index in [-0.39, 0.29) is 23.9 Å². The minimum atomic E-state index is -0.659. The zero-order chi connectivity index (χ0) is 33.8. The average molecular weight is 748 g/mol. The Morgan fingerprint density at radius 3 is 0.556 bits per heavy atom. The third kappa shape index (κ3) is 75.6. The molecule has 45 heavy (non-hydrogen) atoms. The summed E-state index contributed by atoms with van der Waals surface area (Å²) in [6, 6.07) is 0. The molecule has 0 heterocycles. The first kappa shape index (κ1) is 54.2. The molecule has 0 bridgehead atoms. The Morgan fingerprint density at radius 1 is 0.289 bits per heavy atom. The number of hydrogen-bond acceptors (Lipinski definition) is 2. The Kier molecular flexibility index (Phi) is 67.6. The molecule has 0 atom stereocenters. The fraction of sp³-hybridized carbons (Fsp3) is 0.950. The van der Waals surface area contributed by atoms with Crippen molar-refractivity contribution in [3.8, 4) is 0 Å². The Labute approximate surface area is 301 Å². The molecule has 4 nitrogen and oxygen atoms in total. The summed E-state index contributed by atoms with van der Waals surface area (Å²) in [6.45, 7) is 13.5. The molecule has 5 heteroatoms. The van der Waals surface area contributed by atoms with Crippen LogP contribution in [0.1, 0.15) is 247 Å². The molecule has 0 saturated carbocycles. The van der Waals surface area contributed by atoms with E-state index in [9.17, 15) is 9.59 Å². The van der Waals surface area contributed by atoms with Gasteiger partial charge in [-0.05, 0) is 12.8 Å². The van der Waals surface area contributed by atoms with E-state index in [0.717, 1.165) is 25.7 Å². The van der Waals surface area contributed by atoms with Crippen LogP contribution in [0.3, 0.4) is 0 Å². The molecule has 0 aliphatic heterocycles. The second-order valence-corrected chi connectivity index (χ2v) is 12.8. The summed E-state index contributed by atoms with van der Waals surface area (Å²) in [5.41, 5.74) is 0. The van der Waals surface area contributed by atoms with Gasteiger partial charge >= 0.3 is 11.9 Å². The molecule has 0 saturated heterocycles. The normalized spacial score (nSPS) is 9.91. The standard InChI is InChI=1S/2C12H24O2.2C8H18.Sn/c2*1-2-3-4-5-6-7-8-9-10-11-12(13)14;2*1-3-5-7-8-6-4-2;/h2*2-11H2,1H3,(H,13,14);2*3-8H2,1-2H3;. The van der Waals surface area contributed by atoms with Gasteiger partial charge in [0.1, 0.15) is 0 Å². The topological polar surface area (TPSA) is 74.6 Å². The second-order valence-electron chi connectivity index (χ2n) is 12.8. The van der Waals surface area contributed by atoms with Crippen LogP contribution in [0.15, 0.2) is 0 Å². The van der Waals surface area contributed by atoms with Gasteiger partial charge in [-0.3, -0.25) is 9.59 Å². The summed E-state index contributed by atoms with van der Waals surface area (Å²) in [4.78, 5) is 20.4. The van der Waals surface area contributed by atoms with Gasteiger partial charge in [0.2, 0.25) is 0 Å². The third-order valence-corrected chi connectivity index (χ3v) is 7.90. The Bertz CT molecular complexity index is 443. The molecule has 0 aliphatic rings. The summed E-state index contributed by atoms with van der Waals surface area (Å²) in [5.74, 6) is -1.32. The SMILES string of the molecule is CCCCCCCC.CCCCCCCC.CCCCCCCCCCCC(=O)O.CCCCCCCCCCCC(=O)O.[Sn]. The van der Waals surface area contributed by atoms with Crippen molar-refractivity contribution >= 4 is 35.8 Å². The van der Waals surface area contributed by atoms with Crippen LogP contribution in [0.2, 0.25) is 0 Å². The van der Waals surface area contributed by atoms with Gasteiger partial charge in [0, 0.05) is 36.7 Å². The maximum atomic E-state index is 10.2. The van der Waals surface area contributed by atoms with Crippen molar-refractivity contribution in [2.45, 2.75) is 247 Å². The molecule has 2 N–H and O–H groups in total. The molecule has 0 aromatic heterocycles. The van der Waals surface area contributed by atoms with Gasteiger partial charge in [-0.2, -0.15) is 0 Å². The monoisotopic (exact) mass is 749 g/mol. The van der Waals surface area contributed by atoms with Crippen LogP contribution in [0.25, 0.3) is 0 Å². The maximum absolute atomic E-state index is 10.2. The van der Waals surface area contributed by atoms with Crippen LogP contribution in [-0.2, 0) is 9.59 Å². The minimum Gasteiger partial charge on any atom is -0.481 e. The van der Waals surface area contributed by atoms with Gasteiger partial charge < -0.3 is 10.2 Å². The zero-order valence-electron chi connectivity index (χ0n) is 31.8. The van der Waals surface area contributed by atoms with Crippen LogP contribution in [0.4, 0.5) is 0 Å². The van der Waals surface area contributed by atoms with E-state index >= 15 is 0 Å². The maximum Gasteiger partial charge on any atom is 0.303 e.